The van der Waals surface area contributed by atoms with Crippen molar-refractivity contribution < 1.29 is 4.74 Å². The molecular formula is C15H19N3O. The van der Waals surface area contributed by atoms with Gasteiger partial charge in [-0.1, -0.05) is 13.0 Å². The van der Waals surface area contributed by atoms with Gasteiger partial charge in [-0.3, -0.25) is 0 Å². The van der Waals surface area contributed by atoms with Crippen molar-refractivity contribution in [2.24, 2.45) is 0 Å². The Kier molecular flexibility index (Phi) is 4.00. The van der Waals surface area contributed by atoms with Gasteiger partial charge >= 0.3 is 0 Å². The summed E-state index contributed by atoms with van der Waals surface area (Å²) in [6.07, 6.45) is 1.78. The number of benzene rings is 1. The largest absolute Gasteiger partial charge is 0.439 e. The maximum absolute atomic E-state index is 5.77. The van der Waals surface area contributed by atoms with Crippen LogP contribution in [0.4, 0.5) is 5.82 Å². The van der Waals surface area contributed by atoms with Gasteiger partial charge in [-0.15, -0.1) is 0 Å². The van der Waals surface area contributed by atoms with E-state index in [9.17, 15) is 0 Å². The van der Waals surface area contributed by atoms with Gasteiger partial charge in [0.15, 0.2) is 0 Å². The van der Waals surface area contributed by atoms with Crippen molar-refractivity contribution in [3.8, 4) is 11.6 Å². The van der Waals surface area contributed by atoms with E-state index in [2.05, 4.69) is 30.7 Å². The van der Waals surface area contributed by atoms with E-state index in [1.54, 1.807) is 6.07 Å². The van der Waals surface area contributed by atoms with Crippen molar-refractivity contribution in [3.05, 3.63) is 41.2 Å². The summed E-state index contributed by atoms with van der Waals surface area (Å²) in [6.45, 7) is 6.20. The molecule has 0 aliphatic carbocycles. The first-order valence-electron chi connectivity index (χ1n) is 6.47. The lowest BCUT2D eigenvalue weighted by Gasteiger charge is -2.08. The Morgan fingerprint density at radius 1 is 1.11 bits per heavy atom. The molecule has 0 spiro atoms. The highest BCUT2D eigenvalue weighted by Gasteiger charge is 2.05. The molecule has 0 radical (unpaired) electrons. The van der Waals surface area contributed by atoms with Crippen molar-refractivity contribution in [3.63, 3.8) is 0 Å². The highest BCUT2D eigenvalue weighted by Crippen LogP contribution is 2.23. The second-order valence-corrected chi connectivity index (χ2v) is 4.65. The van der Waals surface area contributed by atoms with Gasteiger partial charge in [0.25, 0.3) is 0 Å². The van der Waals surface area contributed by atoms with Crippen LogP contribution in [0.1, 0.15) is 30.3 Å². The second kappa shape index (κ2) is 5.69. The first kappa shape index (κ1) is 13.3. The van der Waals surface area contributed by atoms with Crippen LogP contribution in [-0.4, -0.2) is 9.97 Å². The molecule has 2 N–H and O–H groups in total. The summed E-state index contributed by atoms with van der Waals surface area (Å²) in [5.74, 6) is 2.43. The van der Waals surface area contributed by atoms with Crippen LogP contribution in [-0.2, 0) is 6.42 Å². The average molecular weight is 257 g/mol. The normalized spacial score (nSPS) is 10.5. The van der Waals surface area contributed by atoms with Crippen molar-refractivity contribution >= 4 is 5.82 Å². The second-order valence-electron chi connectivity index (χ2n) is 4.65. The third kappa shape index (κ3) is 3.44. The molecule has 0 bridgehead atoms. The minimum absolute atomic E-state index is 0.442. The fourth-order valence-corrected chi connectivity index (χ4v) is 1.78. The molecule has 100 valence electrons. The summed E-state index contributed by atoms with van der Waals surface area (Å²) in [5.41, 5.74) is 8.19. The number of rotatable bonds is 4. The van der Waals surface area contributed by atoms with Crippen LogP contribution in [0.25, 0.3) is 0 Å². The highest BCUT2D eigenvalue weighted by atomic mass is 16.5. The molecule has 0 saturated carbocycles. The predicted octanol–water partition coefficient (Wildman–Crippen LogP) is 3.42. The predicted molar refractivity (Wildman–Crippen MR) is 76.4 cm³/mol. The Morgan fingerprint density at radius 2 is 1.89 bits per heavy atom. The van der Waals surface area contributed by atoms with Crippen LogP contribution in [0, 0.1) is 13.8 Å². The first-order chi connectivity index (χ1) is 9.08. The lowest BCUT2D eigenvalue weighted by atomic mass is 10.1. The molecule has 0 saturated heterocycles. The number of nitrogens with zero attached hydrogens (tertiary/aromatic N) is 2. The van der Waals surface area contributed by atoms with Crippen LogP contribution < -0.4 is 10.5 Å². The standard InChI is InChI=1S/C15H19N3O/c1-4-5-14-17-13(16)9-15(18-14)19-12-7-6-10(2)11(3)8-12/h6-9H,4-5H2,1-3H3,(H2,16,17,18). The Labute approximate surface area is 113 Å². The first-order valence-corrected chi connectivity index (χ1v) is 6.47. The molecule has 0 atom stereocenters. The molecule has 4 heteroatoms. The molecule has 1 aromatic heterocycles. The van der Waals surface area contributed by atoms with Gasteiger partial charge in [0.2, 0.25) is 5.88 Å². The lowest BCUT2D eigenvalue weighted by Crippen LogP contribution is -2.01. The van der Waals surface area contributed by atoms with E-state index in [4.69, 9.17) is 10.5 Å². The van der Waals surface area contributed by atoms with Crippen LogP contribution in [0.5, 0.6) is 11.6 Å². The Bertz CT molecular complexity index is 582. The fourth-order valence-electron chi connectivity index (χ4n) is 1.78. The van der Waals surface area contributed by atoms with Crippen molar-refractivity contribution in [2.75, 3.05) is 5.73 Å². The molecule has 1 heterocycles. The van der Waals surface area contributed by atoms with Crippen LogP contribution in [0.3, 0.4) is 0 Å². The van der Waals surface area contributed by atoms with Crippen molar-refractivity contribution in [1.29, 1.82) is 0 Å². The quantitative estimate of drug-likeness (QED) is 0.911. The van der Waals surface area contributed by atoms with Crippen LogP contribution in [0.15, 0.2) is 24.3 Å². The van der Waals surface area contributed by atoms with Gasteiger partial charge in [0.05, 0.1) is 0 Å². The fraction of sp³-hybridized carbons (Fsp3) is 0.333. The van der Waals surface area contributed by atoms with E-state index in [0.717, 1.165) is 24.4 Å². The van der Waals surface area contributed by atoms with Gasteiger partial charge in [-0.05, 0) is 43.5 Å². The number of hydrogen-bond donors (Lipinski definition) is 1. The molecule has 0 unspecified atom stereocenters. The molecule has 2 aromatic rings. The summed E-state index contributed by atoms with van der Waals surface area (Å²) >= 11 is 0. The summed E-state index contributed by atoms with van der Waals surface area (Å²) in [7, 11) is 0. The summed E-state index contributed by atoms with van der Waals surface area (Å²) in [4.78, 5) is 8.54. The van der Waals surface area contributed by atoms with Gasteiger partial charge < -0.3 is 10.5 Å². The zero-order valence-electron chi connectivity index (χ0n) is 11.6. The smallest absolute Gasteiger partial charge is 0.224 e. The third-order valence-corrected chi connectivity index (χ3v) is 2.94. The molecule has 0 aliphatic heterocycles. The zero-order valence-corrected chi connectivity index (χ0v) is 11.6. The van der Waals surface area contributed by atoms with Gasteiger partial charge in [0.1, 0.15) is 17.4 Å². The molecule has 0 fully saturated rings. The van der Waals surface area contributed by atoms with E-state index in [1.165, 1.54) is 11.1 Å². The molecule has 2 rings (SSSR count). The SMILES string of the molecule is CCCc1nc(N)cc(Oc2ccc(C)c(C)c2)n1. The number of hydrogen-bond acceptors (Lipinski definition) is 4. The van der Waals surface area contributed by atoms with E-state index in [0.29, 0.717) is 11.7 Å². The topological polar surface area (TPSA) is 61.0 Å². The van der Waals surface area contributed by atoms with Gasteiger partial charge in [-0.2, -0.15) is 4.98 Å². The molecule has 0 amide bonds. The van der Waals surface area contributed by atoms with E-state index < -0.39 is 0 Å². The third-order valence-electron chi connectivity index (χ3n) is 2.94. The maximum atomic E-state index is 5.77. The Morgan fingerprint density at radius 3 is 2.58 bits per heavy atom. The van der Waals surface area contributed by atoms with Crippen LogP contribution in [0.2, 0.25) is 0 Å². The summed E-state index contributed by atoms with van der Waals surface area (Å²) in [6, 6.07) is 7.60. The molecular weight excluding hydrogens is 238 g/mol. The minimum atomic E-state index is 0.442. The number of aromatic nitrogens is 2. The summed E-state index contributed by atoms with van der Waals surface area (Å²) < 4.78 is 5.75. The number of nitrogens with two attached hydrogens (primary N) is 1. The number of ether oxygens (including phenoxy) is 1. The highest BCUT2D eigenvalue weighted by molar-refractivity contribution is 5.38. The average Bonchev–Trinajstić information content (AvgIpc) is 2.33. The number of nitrogen functional groups attached to an aromatic ring is 1. The van der Waals surface area contributed by atoms with Crippen LogP contribution >= 0.6 is 0 Å². The maximum Gasteiger partial charge on any atom is 0.224 e. The van der Waals surface area contributed by atoms with Crippen molar-refractivity contribution in [2.45, 2.75) is 33.6 Å². The Balaban J connectivity index is 2.24. The number of aryl methyl sites for hydroxylation is 3. The zero-order chi connectivity index (χ0) is 13.8. The van der Waals surface area contributed by atoms with Crippen molar-refractivity contribution in [1.82, 2.24) is 9.97 Å². The molecule has 0 aliphatic rings. The summed E-state index contributed by atoms with van der Waals surface area (Å²) in [5, 5.41) is 0. The lowest BCUT2D eigenvalue weighted by molar-refractivity contribution is 0.458. The van der Waals surface area contributed by atoms with Gasteiger partial charge in [0, 0.05) is 12.5 Å². The minimum Gasteiger partial charge on any atom is -0.439 e. The van der Waals surface area contributed by atoms with E-state index in [1.807, 2.05) is 18.2 Å². The molecule has 19 heavy (non-hydrogen) atoms. The molecule has 4 nitrogen and oxygen atoms in total. The number of anilines is 1. The Hall–Kier alpha value is -2.10. The monoisotopic (exact) mass is 257 g/mol. The molecule has 1 aromatic carbocycles. The van der Waals surface area contributed by atoms with E-state index >= 15 is 0 Å². The van der Waals surface area contributed by atoms with Gasteiger partial charge in [-0.25, -0.2) is 4.98 Å². The van der Waals surface area contributed by atoms with E-state index in [-0.39, 0.29) is 0 Å².